The minimum Gasteiger partial charge on any atom is -0.313 e. The third kappa shape index (κ3) is 4.77. The summed E-state index contributed by atoms with van der Waals surface area (Å²) in [6.07, 6.45) is 2.60. The van der Waals surface area contributed by atoms with Gasteiger partial charge < -0.3 is 5.32 Å². The summed E-state index contributed by atoms with van der Waals surface area (Å²) in [5, 5.41) is 6.90. The number of hydrogen-bond donors (Lipinski definition) is 1. The lowest BCUT2D eigenvalue weighted by Gasteiger charge is -2.18. The zero-order valence-electron chi connectivity index (χ0n) is 12.3. The van der Waals surface area contributed by atoms with E-state index in [1.165, 1.54) is 6.07 Å². The summed E-state index contributed by atoms with van der Waals surface area (Å²) >= 11 is 7.73. The smallest absolute Gasteiger partial charge is 0.142 e. The highest BCUT2D eigenvalue weighted by molar-refractivity contribution is 7.09. The molecule has 1 unspecified atom stereocenters. The first kappa shape index (κ1) is 16.4. The maximum atomic E-state index is 13.5. The summed E-state index contributed by atoms with van der Waals surface area (Å²) in [5.41, 5.74) is 1.89. The van der Waals surface area contributed by atoms with E-state index in [1.807, 2.05) is 13.0 Å². The van der Waals surface area contributed by atoms with Crippen LogP contribution in [0.1, 0.15) is 29.6 Å². The van der Waals surface area contributed by atoms with Crippen LogP contribution in [-0.2, 0) is 12.8 Å². The molecule has 0 bridgehead atoms. The molecule has 2 aromatic rings. The molecule has 0 saturated heterocycles. The minimum absolute atomic E-state index is 0.217. The Hall–Kier alpha value is -0.970. The van der Waals surface area contributed by atoms with Gasteiger partial charge in [0.1, 0.15) is 5.82 Å². The number of aromatic nitrogens is 1. The van der Waals surface area contributed by atoms with Crippen molar-refractivity contribution in [3.05, 3.63) is 50.7 Å². The van der Waals surface area contributed by atoms with Gasteiger partial charge >= 0.3 is 0 Å². The van der Waals surface area contributed by atoms with Crippen LogP contribution in [-0.4, -0.2) is 17.6 Å². The zero-order chi connectivity index (χ0) is 15.2. The summed E-state index contributed by atoms with van der Waals surface area (Å²) in [4.78, 5) is 4.51. The van der Waals surface area contributed by atoms with E-state index >= 15 is 0 Å². The first-order valence-electron chi connectivity index (χ1n) is 7.17. The third-order valence-electron chi connectivity index (χ3n) is 3.27. The summed E-state index contributed by atoms with van der Waals surface area (Å²) in [5.74, 6) is -0.353. The van der Waals surface area contributed by atoms with Gasteiger partial charge in [-0.1, -0.05) is 30.7 Å². The average molecular weight is 327 g/mol. The SMILES string of the molecule is CCCNC(Cc1nc(C)cs1)Cc1cccc(F)c1Cl. The van der Waals surface area contributed by atoms with Gasteiger partial charge in [0.15, 0.2) is 0 Å². The molecule has 21 heavy (non-hydrogen) atoms. The molecule has 0 radical (unpaired) electrons. The van der Waals surface area contributed by atoms with Crippen LogP contribution in [0.2, 0.25) is 5.02 Å². The van der Waals surface area contributed by atoms with E-state index in [1.54, 1.807) is 17.4 Å². The van der Waals surface area contributed by atoms with E-state index < -0.39 is 0 Å². The van der Waals surface area contributed by atoms with Crippen LogP contribution in [0.3, 0.4) is 0 Å². The second-order valence-electron chi connectivity index (χ2n) is 5.15. The second kappa shape index (κ2) is 7.87. The maximum Gasteiger partial charge on any atom is 0.142 e. The molecule has 0 saturated carbocycles. The van der Waals surface area contributed by atoms with Gasteiger partial charge in [0, 0.05) is 23.5 Å². The van der Waals surface area contributed by atoms with E-state index in [2.05, 4.69) is 22.6 Å². The van der Waals surface area contributed by atoms with Gasteiger partial charge in [-0.25, -0.2) is 9.37 Å². The average Bonchev–Trinajstić information content (AvgIpc) is 2.86. The van der Waals surface area contributed by atoms with E-state index in [9.17, 15) is 4.39 Å². The zero-order valence-corrected chi connectivity index (χ0v) is 13.9. The fourth-order valence-electron chi connectivity index (χ4n) is 2.24. The molecule has 114 valence electrons. The van der Waals surface area contributed by atoms with Crippen LogP contribution in [0.4, 0.5) is 4.39 Å². The Labute approximate surface area is 134 Å². The fraction of sp³-hybridized carbons (Fsp3) is 0.438. The van der Waals surface area contributed by atoms with Crippen LogP contribution < -0.4 is 5.32 Å². The largest absolute Gasteiger partial charge is 0.313 e. The van der Waals surface area contributed by atoms with Gasteiger partial charge in [0.25, 0.3) is 0 Å². The number of nitrogens with one attached hydrogen (secondary N) is 1. The van der Waals surface area contributed by atoms with Crippen LogP contribution in [0.25, 0.3) is 0 Å². The Bertz CT molecular complexity index is 585. The van der Waals surface area contributed by atoms with Crippen LogP contribution in [0, 0.1) is 12.7 Å². The highest BCUT2D eigenvalue weighted by Crippen LogP contribution is 2.22. The fourth-order valence-corrected chi connectivity index (χ4v) is 3.30. The minimum atomic E-state index is -0.353. The number of thiazole rings is 1. The maximum absolute atomic E-state index is 13.5. The van der Waals surface area contributed by atoms with Crippen LogP contribution in [0.5, 0.6) is 0 Å². The first-order valence-corrected chi connectivity index (χ1v) is 8.43. The highest BCUT2D eigenvalue weighted by Gasteiger charge is 2.15. The predicted octanol–water partition coefficient (Wildman–Crippen LogP) is 4.40. The van der Waals surface area contributed by atoms with Crippen LogP contribution in [0.15, 0.2) is 23.6 Å². The summed E-state index contributed by atoms with van der Waals surface area (Å²) < 4.78 is 13.5. The molecule has 1 atom stereocenters. The van der Waals surface area contributed by atoms with Gasteiger partial charge in [-0.15, -0.1) is 11.3 Å². The molecule has 0 fully saturated rings. The molecule has 2 nitrogen and oxygen atoms in total. The highest BCUT2D eigenvalue weighted by atomic mass is 35.5. The van der Waals surface area contributed by atoms with Gasteiger partial charge in [0.05, 0.1) is 10.0 Å². The predicted molar refractivity (Wildman–Crippen MR) is 87.8 cm³/mol. The van der Waals surface area contributed by atoms with Crippen molar-refractivity contribution in [2.75, 3.05) is 6.54 Å². The van der Waals surface area contributed by atoms with Crippen molar-refractivity contribution in [3.8, 4) is 0 Å². The Morgan fingerprint density at radius 3 is 2.86 bits per heavy atom. The summed E-state index contributed by atoms with van der Waals surface area (Å²) in [6, 6.07) is 5.21. The molecule has 2 rings (SSSR count). The number of aryl methyl sites for hydroxylation is 1. The van der Waals surface area contributed by atoms with Crippen molar-refractivity contribution in [2.45, 2.75) is 39.2 Å². The van der Waals surface area contributed by atoms with E-state index in [4.69, 9.17) is 11.6 Å². The lowest BCUT2D eigenvalue weighted by molar-refractivity contribution is 0.502. The first-order chi connectivity index (χ1) is 10.1. The van der Waals surface area contributed by atoms with Crippen molar-refractivity contribution in [2.24, 2.45) is 0 Å². The third-order valence-corrected chi connectivity index (χ3v) is 4.68. The van der Waals surface area contributed by atoms with Gasteiger partial charge in [-0.2, -0.15) is 0 Å². The Balaban J connectivity index is 2.10. The lowest BCUT2D eigenvalue weighted by Crippen LogP contribution is -2.34. The molecule has 5 heteroatoms. The van der Waals surface area contributed by atoms with E-state index in [0.29, 0.717) is 6.42 Å². The number of nitrogens with zero attached hydrogens (tertiary/aromatic N) is 1. The van der Waals surface area contributed by atoms with Crippen molar-refractivity contribution >= 4 is 22.9 Å². The summed E-state index contributed by atoms with van der Waals surface area (Å²) in [6.45, 7) is 5.06. The molecule has 1 heterocycles. The molecule has 0 amide bonds. The van der Waals surface area contributed by atoms with Crippen LogP contribution >= 0.6 is 22.9 Å². The number of rotatable bonds is 7. The van der Waals surface area contributed by atoms with E-state index in [0.717, 1.165) is 35.7 Å². The Morgan fingerprint density at radius 2 is 2.19 bits per heavy atom. The monoisotopic (exact) mass is 326 g/mol. The van der Waals surface area contributed by atoms with Crippen molar-refractivity contribution < 1.29 is 4.39 Å². The standard InChI is InChI=1S/C16H20ClFN2S/c1-3-7-19-13(9-15-20-11(2)10-21-15)8-12-5-4-6-14(18)16(12)17/h4-6,10,13,19H,3,7-9H2,1-2H3. The van der Waals surface area contributed by atoms with Gasteiger partial charge in [0.2, 0.25) is 0 Å². The molecular formula is C16H20ClFN2S. The Kier molecular flexibility index (Phi) is 6.15. The second-order valence-corrected chi connectivity index (χ2v) is 6.48. The molecule has 0 aliphatic rings. The molecular weight excluding hydrogens is 307 g/mol. The van der Waals surface area contributed by atoms with Crippen molar-refractivity contribution in [3.63, 3.8) is 0 Å². The molecule has 1 N–H and O–H groups in total. The van der Waals surface area contributed by atoms with Gasteiger partial charge in [-0.3, -0.25) is 0 Å². The molecule has 1 aromatic carbocycles. The number of hydrogen-bond acceptors (Lipinski definition) is 3. The molecule has 1 aromatic heterocycles. The number of benzene rings is 1. The summed E-state index contributed by atoms with van der Waals surface area (Å²) in [7, 11) is 0. The molecule has 0 spiro atoms. The quantitative estimate of drug-likeness (QED) is 0.816. The normalized spacial score (nSPS) is 12.6. The number of halogens is 2. The Morgan fingerprint density at radius 1 is 1.38 bits per heavy atom. The van der Waals surface area contributed by atoms with E-state index in [-0.39, 0.29) is 16.9 Å². The lowest BCUT2D eigenvalue weighted by atomic mass is 10.0. The van der Waals surface area contributed by atoms with Crippen molar-refractivity contribution in [1.29, 1.82) is 0 Å². The molecule has 0 aliphatic carbocycles. The molecule has 0 aliphatic heterocycles. The van der Waals surface area contributed by atoms with Gasteiger partial charge in [-0.05, 0) is 37.9 Å². The van der Waals surface area contributed by atoms with Crippen molar-refractivity contribution in [1.82, 2.24) is 10.3 Å². The topological polar surface area (TPSA) is 24.9 Å².